The molecule has 2 amide bonds. The van der Waals surface area contributed by atoms with Gasteiger partial charge in [-0.2, -0.15) is 0 Å². The molecule has 11 heteroatoms. The minimum absolute atomic E-state index is 0.0190. The maximum Gasteiger partial charge on any atom is 0.343 e. The third-order valence-electron chi connectivity index (χ3n) is 7.56. The summed E-state index contributed by atoms with van der Waals surface area (Å²) in [6, 6.07) is 21.9. The highest BCUT2D eigenvalue weighted by Gasteiger charge is 2.21. The number of anilines is 1. The summed E-state index contributed by atoms with van der Waals surface area (Å²) in [6.45, 7) is 2.80. The first-order valence-corrected chi connectivity index (χ1v) is 16.4. The van der Waals surface area contributed by atoms with Crippen molar-refractivity contribution in [2.24, 2.45) is 0 Å². The standard InChI is InChI=1S/C38H38ClFN2O7/c1-2-3-4-5-6-21-48-30-18-12-28(13-19-30)38(47)49-31-16-7-25(8-17-31)23-34(37(45)46)42-36(44)27-10-14-29(15-11-27)41-35(43)24-26-9-20-32(39)33(40)22-26/h7-20,22,34H,2-6,21,23-24H2,1H3,(H,41,43)(H,42,44)(H,45,46)/t34-/m0/s1. The van der Waals surface area contributed by atoms with Gasteiger partial charge in [-0.05, 0) is 90.3 Å². The summed E-state index contributed by atoms with van der Waals surface area (Å²) in [6.07, 6.45) is 5.62. The number of carbonyl (C=O) groups is 4. The van der Waals surface area contributed by atoms with Crippen LogP contribution in [0.3, 0.4) is 0 Å². The van der Waals surface area contributed by atoms with Gasteiger partial charge in [0.25, 0.3) is 5.91 Å². The molecule has 0 radical (unpaired) electrons. The predicted molar refractivity (Wildman–Crippen MR) is 185 cm³/mol. The Labute approximate surface area is 289 Å². The number of hydrogen-bond acceptors (Lipinski definition) is 6. The Bertz CT molecular complexity index is 1730. The van der Waals surface area contributed by atoms with Gasteiger partial charge in [-0.1, -0.05) is 62.4 Å². The molecule has 0 aromatic heterocycles. The Morgan fingerprint density at radius 2 is 1.43 bits per heavy atom. The number of halogens is 2. The molecule has 49 heavy (non-hydrogen) atoms. The van der Waals surface area contributed by atoms with Crippen molar-refractivity contribution in [2.45, 2.75) is 57.9 Å². The van der Waals surface area contributed by atoms with E-state index < -0.39 is 35.6 Å². The van der Waals surface area contributed by atoms with Crippen LogP contribution in [0, 0.1) is 5.82 Å². The van der Waals surface area contributed by atoms with Crippen molar-refractivity contribution < 1.29 is 38.1 Å². The highest BCUT2D eigenvalue weighted by Crippen LogP contribution is 2.19. The number of carbonyl (C=O) groups excluding carboxylic acids is 3. The second kappa shape index (κ2) is 18.4. The van der Waals surface area contributed by atoms with Gasteiger partial charge < -0.3 is 25.2 Å². The van der Waals surface area contributed by atoms with E-state index in [0.717, 1.165) is 12.8 Å². The number of esters is 1. The first-order chi connectivity index (χ1) is 23.6. The van der Waals surface area contributed by atoms with Gasteiger partial charge in [-0.3, -0.25) is 9.59 Å². The number of ether oxygens (including phenoxy) is 2. The minimum Gasteiger partial charge on any atom is -0.494 e. The van der Waals surface area contributed by atoms with Crippen LogP contribution in [0.2, 0.25) is 5.02 Å². The summed E-state index contributed by atoms with van der Waals surface area (Å²) in [5.74, 6) is -2.43. The molecule has 0 unspecified atom stereocenters. The molecule has 9 nitrogen and oxygen atoms in total. The molecule has 0 fully saturated rings. The van der Waals surface area contributed by atoms with Gasteiger partial charge in [0, 0.05) is 17.7 Å². The van der Waals surface area contributed by atoms with Crippen molar-refractivity contribution >= 4 is 41.0 Å². The van der Waals surface area contributed by atoms with Crippen molar-refractivity contribution in [3.63, 3.8) is 0 Å². The van der Waals surface area contributed by atoms with E-state index in [1.165, 1.54) is 55.7 Å². The average Bonchev–Trinajstić information content (AvgIpc) is 3.09. The molecule has 256 valence electrons. The number of hydrogen-bond donors (Lipinski definition) is 3. The normalized spacial score (nSPS) is 11.3. The monoisotopic (exact) mass is 688 g/mol. The summed E-state index contributed by atoms with van der Waals surface area (Å²) < 4.78 is 24.9. The summed E-state index contributed by atoms with van der Waals surface area (Å²) in [5, 5.41) is 14.9. The Balaban J connectivity index is 1.24. The zero-order chi connectivity index (χ0) is 35.2. The first kappa shape index (κ1) is 36.6. The fourth-order valence-electron chi connectivity index (χ4n) is 4.86. The number of carboxylic acids is 1. The van der Waals surface area contributed by atoms with Crippen LogP contribution in [0.25, 0.3) is 0 Å². The molecular weight excluding hydrogens is 651 g/mol. The van der Waals surface area contributed by atoms with E-state index in [0.29, 0.717) is 34.7 Å². The van der Waals surface area contributed by atoms with E-state index in [9.17, 15) is 28.7 Å². The van der Waals surface area contributed by atoms with Crippen LogP contribution >= 0.6 is 11.6 Å². The number of rotatable bonds is 17. The third kappa shape index (κ3) is 11.8. The molecule has 0 saturated heterocycles. The highest BCUT2D eigenvalue weighted by atomic mass is 35.5. The molecule has 0 spiro atoms. The number of carboxylic acid groups (broad SMARTS) is 1. The largest absolute Gasteiger partial charge is 0.494 e. The number of nitrogens with one attached hydrogen (secondary N) is 2. The van der Waals surface area contributed by atoms with Gasteiger partial charge in [0.1, 0.15) is 23.4 Å². The second-order valence-electron chi connectivity index (χ2n) is 11.4. The molecule has 4 aromatic rings. The molecule has 4 rings (SSSR count). The summed E-state index contributed by atoms with van der Waals surface area (Å²) in [4.78, 5) is 49.8. The van der Waals surface area contributed by atoms with Crippen molar-refractivity contribution in [1.82, 2.24) is 5.32 Å². The highest BCUT2D eigenvalue weighted by molar-refractivity contribution is 6.30. The van der Waals surface area contributed by atoms with E-state index in [1.807, 2.05) is 0 Å². The third-order valence-corrected chi connectivity index (χ3v) is 7.87. The molecule has 0 aliphatic heterocycles. The lowest BCUT2D eigenvalue weighted by atomic mass is 10.0. The van der Waals surface area contributed by atoms with E-state index >= 15 is 0 Å². The SMILES string of the molecule is CCCCCCCOc1ccc(C(=O)Oc2ccc(C[C@H](NC(=O)c3ccc(NC(=O)Cc4ccc(Cl)c(F)c4)cc3)C(=O)O)cc2)cc1. The average molecular weight is 689 g/mol. The fraction of sp³-hybridized carbons (Fsp3) is 0.263. The Morgan fingerprint density at radius 1 is 0.796 bits per heavy atom. The minimum atomic E-state index is -1.24. The molecule has 3 N–H and O–H groups in total. The number of aliphatic carboxylic acids is 1. The molecular formula is C38H38ClFN2O7. The van der Waals surface area contributed by atoms with Gasteiger partial charge in [-0.15, -0.1) is 0 Å². The summed E-state index contributed by atoms with van der Waals surface area (Å²) in [7, 11) is 0. The maximum atomic E-state index is 13.7. The van der Waals surface area contributed by atoms with Crippen molar-refractivity contribution in [3.05, 3.63) is 124 Å². The number of amides is 2. The Morgan fingerprint density at radius 3 is 2.08 bits per heavy atom. The number of unbranched alkanes of at least 4 members (excludes halogenated alkanes) is 4. The van der Waals surface area contributed by atoms with Gasteiger partial charge in [0.05, 0.1) is 23.6 Å². The first-order valence-electron chi connectivity index (χ1n) is 16.0. The topological polar surface area (TPSA) is 131 Å². The smallest absolute Gasteiger partial charge is 0.343 e. The fourth-order valence-corrected chi connectivity index (χ4v) is 4.98. The second-order valence-corrected chi connectivity index (χ2v) is 11.8. The van der Waals surface area contributed by atoms with Gasteiger partial charge in [0.2, 0.25) is 5.91 Å². The maximum absolute atomic E-state index is 13.7. The quantitative estimate of drug-likeness (QED) is 0.0590. The molecule has 0 aliphatic carbocycles. The van der Waals surface area contributed by atoms with Crippen molar-refractivity contribution in [3.8, 4) is 11.5 Å². The van der Waals surface area contributed by atoms with Gasteiger partial charge in [-0.25, -0.2) is 14.0 Å². The molecule has 4 aromatic carbocycles. The molecule has 0 saturated carbocycles. The van der Waals surface area contributed by atoms with E-state index in [2.05, 4.69) is 17.6 Å². The molecule has 0 heterocycles. The Kier molecular flexibility index (Phi) is 13.7. The Hall–Kier alpha value is -5.22. The van der Waals surface area contributed by atoms with Crippen LogP contribution in [0.1, 0.15) is 70.9 Å². The van der Waals surface area contributed by atoms with Crippen molar-refractivity contribution in [1.29, 1.82) is 0 Å². The van der Waals surface area contributed by atoms with Gasteiger partial charge in [0.15, 0.2) is 0 Å². The van der Waals surface area contributed by atoms with Crippen LogP contribution in [0.4, 0.5) is 10.1 Å². The van der Waals surface area contributed by atoms with E-state index in [1.54, 1.807) is 54.6 Å². The van der Waals surface area contributed by atoms with Crippen LogP contribution in [0.5, 0.6) is 11.5 Å². The van der Waals surface area contributed by atoms with E-state index in [4.69, 9.17) is 21.1 Å². The van der Waals surface area contributed by atoms with Crippen LogP contribution < -0.4 is 20.1 Å². The lowest BCUT2D eigenvalue weighted by molar-refractivity contribution is -0.139. The van der Waals surface area contributed by atoms with Crippen molar-refractivity contribution in [2.75, 3.05) is 11.9 Å². The lowest BCUT2D eigenvalue weighted by Crippen LogP contribution is -2.42. The van der Waals surface area contributed by atoms with E-state index in [-0.39, 0.29) is 29.2 Å². The van der Waals surface area contributed by atoms with Crippen LogP contribution in [0.15, 0.2) is 91.0 Å². The molecule has 0 aliphatic rings. The number of benzene rings is 4. The van der Waals surface area contributed by atoms with Gasteiger partial charge >= 0.3 is 11.9 Å². The molecule has 1 atom stereocenters. The van der Waals surface area contributed by atoms with Crippen LogP contribution in [-0.2, 0) is 22.4 Å². The zero-order valence-corrected chi connectivity index (χ0v) is 27.8. The zero-order valence-electron chi connectivity index (χ0n) is 27.0. The predicted octanol–water partition coefficient (Wildman–Crippen LogP) is 7.65. The summed E-state index contributed by atoms with van der Waals surface area (Å²) >= 11 is 5.68. The molecule has 0 bridgehead atoms. The lowest BCUT2D eigenvalue weighted by Gasteiger charge is -2.15. The summed E-state index contributed by atoms with van der Waals surface area (Å²) in [5.41, 5.74) is 2.00. The van der Waals surface area contributed by atoms with Crippen LogP contribution in [-0.4, -0.2) is 41.5 Å².